The van der Waals surface area contributed by atoms with Crippen molar-refractivity contribution in [3.63, 3.8) is 0 Å². The number of aryl methyl sites for hydroxylation is 1. The van der Waals surface area contributed by atoms with Crippen LogP contribution in [0.3, 0.4) is 0 Å². The molecule has 0 atom stereocenters. The lowest BCUT2D eigenvalue weighted by atomic mass is 10.1. The number of nitrogens with one attached hydrogen (secondary N) is 1. The number of benzene rings is 2. The fourth-order valence-electron chi connectivity index (χ4n) is 2.56. The first-order chi connectivity index (χ1) is 11.6. The van der Waals surface area contributed by atoms with E-state index in [4.69, 9.17) is 11.6 Å². The van der Waals surface area contributed by atoms with E-state index in [1.54, 1.807) is 6.07 Å². The highest BCUT2D eigenvalue weighted by Crippen LogP contribution is 2.25. The van der Waals surface area contributed by atoms with E-state index in [2.05, 4.69) is 5.32 Å². The minimum atomic E-state index is -0.110. The lowest BCUT2D eigenvalue weighted by Crippen LogP contribution is -3.00. The van der Waals surface area contributed by atoms with Crippen molar-refractivity contribution in [2.75, 3.05) is 5.32 Å². The number of nitrogens with zero attached hydrogens (tertiary/aromatic N) is 1. The molecule has 0 radical (unpaired) electrons. The summed E-state index contributed by atoms with van der Waals surface area (Å²) in [6.07, 6.45) is 3.85. The Labute approximate surface area is 163 Å². The van der Waals surface area contributed by atoms with E-state index >= 15 is 0 Å². The van der Waals surface area contributed by atoms with Crippen LogP contribution in [0.1, 0.15) is 5.56 Å². The number of rotatable bonds is 4. The molecule has 128 valence electrons. The Morgan fingerprint density at radius 3 is 2.44 bits per heavy atom. The van der Waals surface area contributed by atoms with Crippen molar-refractivity contribution < 1.29 is 26.3 Å². The molecular weight excluding hydrogens is 400 g/mol. The van der Waals surface area contributed by atoms with Crippen LogP contribution < -0.4 is 26.9 Å². The highest BCUT2D eigenvalue weighted by molar-refractivity contribution is 6.33. The molecule has 0 aliphatic rings. The first-order valence-corrected chi connectivity index (χ1v) is 8.11. The molecule has 0 unspecified atom stereocenters. The molecule has 0 saturated carbocycles. The highest BCUT2D eigenvalue weighted by atomic mass is 79.9. The van der Waals surface area contributed by atoms with Crippen LogP contribution in [-0.4, -0.2) is 5.91 Å². The van der Waals surface area contributed by atoms with Gasteiger partial charge in [-0.3, -0.25) is 4.79 Å². The molecule has 1 amide bonds. The Kier molecular flexibility index (Phi) is 6.73. The van der Waals surface area contributed by atoms with Gasteiger partial charge in [-0.2, -0.15) is 4.57 Å². The molecule has 3 rings (SSSR count). The summed E-state index contributed by atoms with van der Waals surface area (Å²) in [6.45, 7) is 2.15. The predicted molar refractivity (Wildman–Crippen MR) is 96.9 cm³/mol. The number of carbonyl (C=O) groups is 1. The fraction of sp³-hybridized carbons (Fsp3) is 0.100. The van der Waals surface area contributed by atoms with Crippen molar-refractivity contribution in [2.45, 2.75) is 13.5 Å². The predicted octanol–water partition coefficient (Wildman–Crippen LogP) is 1.25. The van der Waals surface area contributed by atoms with Crippen molar-refractivity contribution in [3.8, 4) is 11.1 Å². The number of pyridine rings is 1. The number of carbonyl (C=O) groups excluding carboxylic acids is 1. The molecule has 0 fully saturated rings. The molecule has 1 heterocycles. The second kappa shape index (κ2) is 8.79. The van der Waals surface area contributed by atoms with Gasteiger partial charge >= 0.3 is 0 Å². The molecule has 1 N–H and O–H groups in total. The zero-order chi connectivity index (χ0) is 16.9. The van der Waals surface area contributed by atoms with Gasteiger partial charge in [-0.25, -0.2) is 0 Å². The van der Waals surface area contributed by atoms with Crippen molar-refractivity contribution in [3.05, 3.63) is 83.6 Å². The number of halogens is 2. The van der Waals surface area contributed by atoms with Crippen LogP contribution in [0.2, 0.25) is 5.02 Å². The fourth-order valence-corrected chi connectivity index (χ4v) is 2.83. The molecular formula is C20H18BrClN2O. The normalized spacial score (nSPS) is 10.0. The summed E-state index contributed by atoms with van der Waals surface area (Å²) < 4.78 is 1.86. The maximum atomic E-state index is 12.3. The number of anilines is 1. The number of aromatic nitrogens is 1. The Hall–Kier alpha value is -2.17. The molecule has 1 aromatic heterocycles. The Bertz CT molecular complexity index is 848. The molecule has 0 bridgehead atoms. The van der Waals surface area contributed by atoms with E-state index in [1.165, 1.54) is 0 Å². The Morgan fingerprint density at radius 2 is 1.72 bits per heavy atom. The van der Waals surface area contributed by atoms with Gasteiger partial charge in [0.25, 0.3) is 5.91 Å². The molecule has 3 aromatic rings. The molecule has 0 aliphatic heterocycles. The third kappa shape index (κ3) is 4.91. The zero-order valence-corrected chi connectivity index (χ0v) is 16.1. The molecule has 0 aliphatic carbocycles. The number of para-hydroxylation sites is 1. The maximum Gasteiger partial charge on any atom is 0.290 e. The van der Waals surface area contributed by atoms with E-state index < -0.39 is 0 Å². The lowest BCUT2D eigenvalue weighted by Gasteiger charge is -2.09. The summed E-state index contributed by atoms with van der Waals surface area (Å²) in [4.78, 5) is 12.3. The number of amides is 1. The van der Waals surface area contributed by atoms with E-state index in [0.717, 1.165) is 16.7 Å². The topological polar surface area (TPSA) is 33.0 Å². The summed E-state index contributed by atoms with van der Waals surface area (Å²) in [5.41, 5.74) is 3.80. The summed E-state index contributed by atoms with van der Waals surface area (Å²) in [5, 5.41) is 3.44. The van der Waals surface area contributed by atoms with Gasteiger partial charge in [0.2, 0.25) is 6.54 Å². The van der Waals surface area contributed by atoms with Gasteiger partial charge in [0.05, 0.1) is 10.7 Å². The van der Waals surface area contributed by atoms with Gasteiger partial charge in [0, 0.05) is 11.6 Å². The molecule has 2 aromatic carbocycles. The molecule has 5 heteroatoms. The second-order valence-electron chi connectivity index (χ2n) is 5.61. The summed E-state index contributed by atoms with van der Waals surface area (Å²) in [6, 6.07) is 19.6. The van der Waals surface area contributed by atoms with Gasteiger partial charge in [0.15, 0.2) is 12.4 Å². The molecule has 3 nitrogen and oxygen atoms in total. The first-order valence-electron chi connectivity index (χ1n) is 7.73. The van der Waals surface area contributed by atoms with Crippen LogP contribution in [0.25, 0.3) is 11.1 Å². The zero-order valence-electron chi connectivity index (χ0n) is 13.7. The Balaban J connectivity index is 0.00000225. The smallest absolute Gasteiger partial charge is 0.290 e. The average Bonchev–Trinajstić information content (AvgIpc) is 2.59. The van der Waals surface area contributed by atoms with E-state index in [-0.39, 0.29) is 29.4 Å². The minimum Gasteiger partial charge on any atom is -1.00 e. The van der Waals surface area contributed by atoms with Crippen LogP contribution in [0.4, 0.5) is 5.69 Å². The van der Waals surface area contributed by atoms with Crippen molar-refractivity contribution >= 4 is 23.2 Å². The molecule has 0 saturated heterocycles. The first kappa shape index (κ1) is 19.2. The van der Waals surface area contributed by atoms with Crippen molar-refractivity contribution in [2.24, 2.45) is 0 Å². The minimum absolute atomic E-state index is 0. The van der Waals surface area contributed by atoms with Crippen LogP contribution in [0, 0.1) is 6.92 Å². The molecule has 0 spiro atoms. The average molecular weight is 418 g/mol. The summed E-state index contributed by atoms with van der Waals surface area (Å²) >= 11 is 6.16. The van der Waals surface area contributed by atoms with Crippen LogP contribution in [0.15, 0.2) is 73.1 Å². The van der Waals surface area contributed by atoms with Gasteiger partial charge in [0.1, 0.15) is 0 Å². The standard InChI is InChI=1S/C20H17ClN2O.BrH/c1-15-7-5-11-18(21)20(15)22-19(24)14-23-12-6-10-17(13-23)16-8-3-2-4-9-16;/h2-13H,14H2,1H3;1H. The van der Waals surface area contributed by atoms with Crippen molar-refractivity contribution in [1.82, 2.24) is 0 Å². The monoisotopic (exact) mass is 416 g/mol. The quantitative estimate of drug-likeness (QED) is 0.637. The number of hydrogen-bond acceptors (Lipinski definition) is 1. The largest absolute Gasteiger partial charge is 1.00 e. The van der Waals surface area contributed by atoms with Crippen LogP contribution in [-0.2, 0) is 11.3 Å². The van der Waals surface area contributed by atoms with Gasteiger partial charge in [-0.05, 0) is 30.2 Å². The van der Waals surface area contributed by atoms with E-state index in [9.17, 15) is 4.79 Å². The third-order valence-electron chi connectivity index (χ3n) is 3.78. The molecule has 25 heavy (non-hydrogen) atoms. The third-order valence-corrected chi connectivity index (χ3v) is 4.09. The van der Waals surface area contributed by atoms with Crippen LogP contribution >= 0.6 is 11.6 Å². The van der Waals surface area contributed by atoms with E-state index in [1.807, 2.05) is 78.5 Å². The summed E-state index contributed by atoms with van der Waals surface area (Å²) in [5.74, 6) is -0.110. The Morgan fingerprint density at radius 1 is 1.00 bits per heavy atom. The van der Waals surface area contributed by atoms with E-state index in [0.29, 0.717) is 10.7 Å². The second-order valence-corrected chi connectivity index (χ2v) is 6.02. The van der Waals surface area contributed by atoms with Crippen molar-refractivity contribution in [1.29, 1.82) is 0 Å². The summed E-state index contributed by atoms with van der Waals surface area (Å²) in [7, 11) is 0. The maximum absolute atomic E-state index is 12.3. The highest BCUT2D eigenvalue weighted by Gasteiger charge is 2.13. The van der Waals surface area contributed by atoms with Crippen LogP contribution in [0.5, 0.6) is 0 Å². The van der Waals surface area contributed by atoms with Gasteiger partial charge in [-0.1, -0.05) is 54.1 Å². The SMILES string of the molecule is Cc1cccc(Cl)c1NC(=O)C[n+]1cccc(-c2ccccc2)c1.[Br-]. The van der Waals surface area contributed by atoms with Gasteiger partial charge < -0.3 is 22.3 Å². The number of hydrogen-bond donors (Lipinski definition) is 1. The lowest BCUT2D eigenvalue weighted by molar-refractivity contribution is -0.683. The van der Waals surface area contributed by atoms with Gasteiger partial charge in [-0.15, -0.1) is 0 Å².